The molecule has 0 atom stereocenters. The van der Waals surface area contributed by atoms with Crippen molar-refractivity contribution in [3.8, 4) is 17.0 Å². The summed E-state index contributed by atoms with van der Waals surface area (Å²) >= 11 is 0. The maximum absolute atomic E-state index is 11.7. The highest BCUT2D eigenvalue weighted by molar-refractivity contribution is 5.83. The van der Waals surface area contributed by atoms with Crippen LogP contribution in [0.2, 0.25) is 0 Å². The lowest BCUT2D eigenvalue weighted by molar-refractivity contribution is -0.136. The van der Waals surface area contributed by atoms with E-state index in [4.69, 9.17) is 4.74 Å². The Morgan fingerprint density at radius 2 is 1.90 bits per heavy atom. The van der Waals surface area contributed by atoms with E-state index >= 15 is 0 Å². The molecule has 0 spiro atoms. The summed E-state index contributed by atoms with van der Waals surface area (Å²) in [6.07, 6.45) is 8.52. The number of pyridine rings is 2. The van der Waals surface area contributed by atoms with Crippen LogP contribution in [0, 0.1) is 5.41 Å². The van der Waals surface area contributed by atoms with E-state index in [-0.39, 0.29) is 6.42 Å². The summed E-state index contributed by atoms with van der Waals surface area (Å²) in [5.41, 5.74) is 4.65. The fraction of sp³-hybridized carbons (Fsp3) is 0.560. The fourth-order valence-corrected chi connectivity index (χ4v) is 4.07. The molecule has 3 rings (SSSR count). The lowest BCUT2D eigenvalue weighted by Crippen LogP contribution is -2.38. The summed E-state index contributed by atoms with van der Waals surface area (Å²) in [7, 11) is 0. The molecule has 1 aliphatic rings. The van der Waals surface area contributed by atoms with E-state index in [2.05, 4.69) is 35.6 Å². The molecule has 0 saturated carbocycles. The first kappa shape index (κ1) is 23.0. The van der Waals surface area contributed by atoms with Crippen LogP contribution in [0.3, 0.4) is 0 Å². The number of carbonyl (C=O) groups is 1. The van der Waals surface area contributed by atoms with Gasteiger partial charge in [0.25, 0.3) is 0 Å². The van der Waals surface area contributed by atoms with E-state index < -0.39 is 5.97 Å². The van der Waals surface area contributed by atoms with Crippen molar-refractivity contribution in [2.75, 3.05) is 24.6 Å². The Hall–Kier alpha value is -2.63. The molecule has 31 heavy (non-hydrogen) atoms. The molecule has 2 aromatic heterocycles. The van der Waals surface area contributed by atoms with Crippen molar-refractivity contribution in [2.45, 2.75) is 66.2 Å². The van der Waals surface area contributed by atoms with Gasteiger partial charge in [0.1, 0.15) is 5.75 Å². The molecule has 1 aliphatic heterocycles. The maximum atomic E-state index is 11.7. The van der Waals surface area contributed by atoms with Crippen LogP contribution in [0.15, 0.2) is 24.5 Å². The first-order chi connectivity index (χ1) is 14.8. The average Bonchev–Trinajstić information content (AvgIpc) is 2.74. The molecule has 2 aromatic rings. The molecule has 1 saturated heterocycles. The Kier molecular flexibility index (Phi) is 7.52. The number of anilines is 1. The van der Waals surface area contributed by atoms with E-state index in [0.29, 0.717) is 18.4 Å². The van der Waals surface area contributed by atoms with Crippen LogP contribution in [-0.2, 0) is 17.6 Å². The zero-order chi connectivity index (χ0) is 22.4. The zero-order valence-corrected chi connectivity index (χ0v) is 19.3. The molecule has 0 bridgehead atoms. The van der Waals surface area contributed by atoms with Crippen molar-refractivity contribution in [3.05, 3.63) is 35.8 Å². The van der Waals surface area contributed by atoms with Gasteiger partial charge in [-0.1, -0.05) is 34.1 Å². The lowest BCUT2D eigenvalue weighted by Gasteiger charge is -2.40. The Labute approximate surface area is 185 Å². The lowest BCUT2D eigenvalue weighted by atomic mass is 9.82. The SMILES string of the molecule is CCCCOc1ccc(-c2cnc(CC)c(CC(=O)O)c2N2CCC(C)(C)CC2)nc1. The molecule has 1 N–H and O–H groups in total. The maximum Gasteiger partial charge on any atom is 0.307 e. The molecule has 0 aromatic carbocycles. The highest BCUT2D eigenvalue weighted by Gasteiger charge is 2.29. The van der Waals surface area contributed by atoms with E-state index in [0.717, 1.165) is 72.7 Å². The number of hydrogen-bond donors (Lipinski definition) is 1. The molecule has 0 radical (unpaired) electrons. The number of piperidine rings is 1. The molecule has 168 valence electrons. The summed E-state index contributed by atoms with van der Waals surface area (Å²) in [6.45, 7) is 11.2. The van der Waals surface area contributed by atoms with Crippen molar-refractivity contribution >= 4 is 11.7 Å². The number of carboxylic acid groups (broad SMARTS) is 1. The smallest absolute Gasteiger partial charge is 0.307 e. The van der Waals surface area contributed by atoms with Gasteiger partial charge in [0.2, 0.25) is 0 Å². The Balaban J connectivity index is 2.02. The van der Waals surface area contributed by atoms with Gasteiger partial charge < -0.3 is 14.7 Å². The predicted molar refractivity (Wildman–Crippen MR) is 124 cm³/mol. The minimum absolute atomic E-state index is 0.0303. The van der Waals surface area contributed by atoms with Crippen LogP contribution < -0.4 is 9.64 Å². The van der Waals surface area contributed by atoms with Gasteiger partial charge in [-0.05, 0) is 43.2 Å². The van der Waals surface area contributed by atoms with E-state index in [9.17, 15) is 9.90 Å². The fourth-order valence-electron chi connectivity index (χ4n) is 4.07. The van der Waals surface area contributed by atoms with Gasteiger partial charge in [-0.2, -0.15) is 0 Å². The highest BCUT2D eigenvalue weighted by Crippen LogP contribution is 2.39. The molecule has 0 amide bonds. The number of ether oxygens (including phenoxy) is 1. The number of carboxylic acids is 1. The number of rotatable bonds is 9. The zero-order valence-electron chi connectivity index (χ0n) is 19.3. The normalized spacial score (nSPS) is 15.7. The second-order valence-corrected chi connectivity index (χ2v) is 9.10. The van der Waals surface area contributed by atoms with Crippen LogP contribution in [0.4, 0.5) is 5.69 Å². The summed E-state index contributed by atoms with van der Waals surface area (Å²) in [6, 6.07) is 3.89. The second-order valence-electron chi connectivity index (χ2n) is 9.10. The average molecular weight is 426 g/mol. The van der Waals surface area contributed by atoms with Crippen molar-refractivity contribution in [1.82, 2.24) is 9.97 Å². The van der Waals surface area contributed by atoms with E-state index in [1.54, 1.807) is 6.20 Å². The Bertz CT molecular complexity index is 884. The largest absolute Gasteiger partial charge is 0.492 e. The van der Waals surface area contributed by atoms with Gasteiger partial charge >= 0.3 is 5.97 Å². The number of hydrogen-bond acceptors (Lipinski definition) is 5. The standard InChI is InChI=1S/C25H35N3O3/c1-5-7-14-31-18-8-9-22(26-16-18)20-17-27-21(6-2)19(15-23(29)30)24(20)28-12-10-25(3,4)11-13-28/h8-9,16-17H,5-7,10-15H2,1-4H3,(H,29,30). The molecule has 6 nitrogen and oxygen atoms in total. The summed E-state index contributed by atoms with van der Waals surface area (Å²) in [5, 5.41) is 9.61. The monoisotopic (exact) mass is 425 g/mol. The first-order valence-corrected chi connectivity index (χ1v) is 11.4. The molecule has 0 aliphatic carbocycles. The third kappa shape index (κ3) is 5.75. The Morgan fingerprint density at radius 3 is 2.48 bits per heavy atom. The van der Waals surface area contributed by atoms with Crippen molar-refractivity contribution in [1.29, 1.82) is 0 Å². The summed E-state index contributed by atoms with van der Waals surface area (Å²) in [5.74, 6) is -0.0813. The van der Waals surface area contributed by atoms with Gasteiger partial charge in [0.05, 0.1) is 30.6 Å². The summed E-state index contributed by atoms with van der Waals surface area (Å²) in [4.78, 5) is 23.3. The van der Waals surface area contributed by atoms with Gasteiger partial charge in [-0.15, -0.1) is 0 Å². The van der Waals surface area contributed by atoms with Crippen LogP contribution in [0.25, 0.3) is 11.3 Å². The highest BCUT2D eigenvalue weighted by atomic mass is 16.5. The first-order valence-electron chi connectivity index (χ1n) is 11.4. The minimum atomic E-state index is -0.833. The topological polar surface area (TPSA) is 75.6 Å². The van der Waals surface area contributed by atoms with E-state index in [1.807, 2.05) is 25.3 Å². The summed E-state index contributed by atoms with van der Waals surface area (Å²) < 4.78 is 5.75. The molecule has 6 heteroatoms. The molecule has 1 fully saturated rings. The molecular formula is C25H35N3O3. The third-order valence-corrected chi connectivity index (χ3v) is 6.11. The number of nitrogens with zero attached hydrogens (tertiary/aromatic N) is 3. The predicted octanol–water partition coefficient (Wildman–Crippen LogP) is 5.14. The number of unbranched alkanes of at least 4 members (excludes halogenated alkanes) is 1. The second kappa shape index (κ2) is 10.1. The third-order valence-electron chi connectivity index (χ3n) is 6.11. The van der Waals surface area contributed by atoms with Gasteiger partial charge in [0, 0.05) is 36.1 Å². The Morgan fingerprint density at radius 1 is 1.16 bits per heavy atom. The van der Waals surface area contributed by atoms with E-state index in [1.165, 1.54) is 0 Å². The van der Waals surface area contributed by atoms with Crippen molar-refractivity contribution in [3.63, 3.8) is 0 Å². The number of aromatic nitrogens is 2. The minimum Gasteiger partial charge on any atom is -0.492 e. The quantitative estimate of drug-likeness (QED) is 0.561. The number of aliphatic carboxylic acids is 1. The number of aryl methyl sites for hydroxylation is 1. The van der Waals surface area contributed by atoms with Crippen LogP contribution in [-0.4, -0.2) is 40.7 Å². The van der Waals surface area contributed by atoms with Crippen LogP contribution in [0.1, 0.15) is 64.6 Å². The molecular weight excluding hydrogens is 390 g/mol. The van der Waals surface area contributed by atoms with Crippen LogP contribution >= 0.6 is 0 Å². The van der Waals surface area contributed by atoms with Crippen molar-refractivity contribution < 1.29 is 14.6 Å². The molecule has 3 heterocycles. The van der Waals surface area contributed by atoms with Crippen molar-refractivity contribution in [2.24, 2.45) is 5.41 Å². The van der Waals surface area contributed by atoms with Gasteiger partial charge in [-0.3, -0.25) is 14.8 Å². The molecule has 0 unspecified atom stereocenters. The van der Waals surface area contributed by atoms with Crippen LogP contribution in [0.5, 0.6) is 5.75 Å². The van der Waals surface area contributed by atoms with Gasteiger partial charge in [0.15, 0.2) is 0 Å². The van der Waals surface area contributed by atoms with Gasteiger partial charge in [-0.25, -0.2) is 0 Å².